The number of ether oxygens (including phenoxy) is 1. The van der Waals surface area contributed by atoms with Crippen LogP contribution in [0.5, 0.6) is 11.5 Å². The quantitative estimate of drug-likeness (QED) is 0.666. The summed E-state index contributed by atoms with van der Waals surface area (Å²) in [6.07, 6.45) is 4.01. The van der Waals surface area contributed by atoms with Gasteiger partial charge in [-0.1, -0.05) is 29.5 Å². The molecule has 0 spiro atoms. The maximum absolute atomic E-state index is 8.93. The summed E-state index contributed by atoms with van der Waals surface area (Å²) in [5.41, 5.74) is 0. The van der Waals surface area contributed by atoms with Crippen LogP contribution in [-0.2, 0) is 0 Å². The van der Waals surface area contributed by atoms with Crippen molar-refractivity contribution in [2.45, 2.75) is 26.2 Å². The van der Waals surface area contributed by atoms with E-state index in [0.29, 0.717) is 0 Å². The van der Waals surface area contributed by atoms with Crippen molar-refractivity contribution in [1.29, 1.82) is 0 Å². The molecule has 2 rings (SSSR count). The molecule has 90 valence electrons. The van der Waals surface area contributed by atoms with Crippen molar-refractivity contribution in [2.24, 2.45) is 5.92 Å². The summed E-state index contributed by atoms with van der Waals surface area (Å²) in [6, 6.07) is 6.74. The summed E-state index contributed by atoms with van der Waals surface area (Å²) in [7, 11) is 0. The van der Waals surface area contributed by atoms with Crippen molar-refractivity contribution in [2.75, 3.05) is 11.0 Å². The molecule has 0 bridgehead atoms. The van der Waals surface area contributed by atoms with Crippen molar-refractivity contribution in [3.8, 4) is 11.5 Å². The molecule has 0 aliphatic heterocycles. The highest BCUT2D eigenvalue weighted by Gasteiger charge is 2.18. The molecule has 0 saturated heterocycles. The number of rotatable bonds is 4. The standard InChI is InChI=1S/C9H12O2.C4H7I/c1-2-7-11-9-5-3-8(10)4-6-9;5-3-4-1-2-4/h3-6,10H,2,7H2,1H3;4H,1-3H2. The first kappa shape index (κ1) is 13.6. The third-order valence-electron chi connectivity index (χ3n) is 2.22. The lowest BCUT2D eigenvalue weighted by atomic mass is 10.3. The summed E-state index contributed by atoms with van der Waals surface area (Å²) in [4.78, 5) is 0. The molecule has 1 aliphatic carbocycles. The van der Waals surface area contributed by atoms with E-state index >= 15 is 0 Å². The molecule has 0 radical (unpaired) electrons. The third kappa shape index (κ3) is 6.20. The van der Waals surface area contributed by atoms with E-state index in [9.17, 15) is 0 Å². The van der Waals surface area contributed by atoms with Gasteiger partial charge in [-0.05, 0) is 49.4 Å². The largest absolute Gasteiger partial charge is 0.508 e. The fraction of sp³-hybridized carbons (Fsp3) is 0.538. The Kier molecular flexibility index (Phi) is 6.61. The average Bonchev–Trinajstić information content (AvgIpc) is 3.13. The normalized spacial score (nSPS) is 13.9. The molecule has 0 aromatic heterocycles. The van der Waals surface area contributed by atoms with Crippen LogP contribution in [0.25, 0.3) is 0 Å². The van der Waals surface area contributed by atoms with E-state index in [1.807, 2.05) is 0 Å². The number of phenols is 1. The van der Waals surface area contributed by atoms with E-state index in [1.165, 1.54) is 17.3 Å². The zero-order valence-corrected chi connectivity index (χ0v) is 11.8. The van der Waals surface area contributed by atoms with Gasteiger partial charge in [0.15, 0.2) is 0 Å². The van der Waals surface area contributed by atoms with Crippen LogP contribution < -0.4 is 4.74 Å². The van der Waals surface area contributed by atoms with Crippen LogP contribution >= 0.6 is 22.6 Å². The molecule has 1 saturated carbocycles. The molecule has 1 N–H and O–H groups in total. The number of benzene rings is 1. The van der Waals surface area contributed by atoms with Crippen LogP contribution in [0.1, 0.15) is 26.2 Å². The number of phenolic OH excluding ortho intramolecular Hbond substituents is 1. The number of hydrogen-bond donors (Lipinski definition) is 1. The van der Waals surface area contributed by atoms with Crippen molar-refractivity contribution in [1.82, 2.24) is 0 Å². The fourth-order valence-corrected chi connectivity index (χ4v) is 1.92. The summed E-state index contributed by atoms with van der Waals surface area (Å²) >= 11 is 2.44. The maximum atomic E-state index is 8.93. The Morgan fingerprint density at radius 1 is 1.31 bits per heavy atom. The second-order valence-electron chi connectivity index (χ2n) is 3.94. The number of alkyl halides is 1. The summed E-state index contributed by atoms with van der Waals surface area (Å²) in [5, 5.41) is 8.93. The molecule has 1 aromatic carbocycles. The van der Waals surface area contributed by atoms with E-state index in [1.54, 1.807) is 24.3 Å². The lowest BCUT2D eigenvalue weighted by molar-refractivity contribution is 0.317. The van der Waals surface area contributed by atoms with E-state index in [4.69, 9.17) is 9.84 Å². The minimum Gasteiger partial charge on any atom is -0.508 e. The van der Waals surface area contributed by atoms with Gasteiger partial charge in [0, 0.05) is 4.43 Å². The van der Waals surface area contributed by atoms with Gasteiger partial charge in [0.25, 0.3) is 0 Å². The molecule has 0 amide bonds. The van der Waals surface area contributed by atoms with Gasteiger partial charge in [-0.25, -0.2) is 0 Å². The molecule has 1 fully saturated rings. The smallest absolute Gasteiger partial charge is 0.119 e. The molecule has 16 heavy (non-hydrogen) atoms. The highest BCUT2D eigenvalue weighted by molar-refractivity contribution is 14.1. The van der Waals surface area contributed by atoms with E-state index in [0.717, 1.165) is 24.7 Å². The van der Waals surface area contributed by atoms with Crippen LogP contribution in [0, 0.1) is 5.92 Å². The van der Waals surface area contributed by atoms with Crippen LogP contribution in [0.15, 0.2) is 24.3 Å². The van der Waals surface area contributed by atoms with Crippen LogP contribution in [0.2, 0.25) is 0 Å². The predicted octanol–water partition coefficient (Wildman–Crippen LogP) is 4.01. The molecule has 1 aliphatic rings. The summed E-state index contributed by atoms with van der Waals surface area (Å²) < 4.78 is 6.69. The SMILES string of the molecule is CCCOc1ccc(O)cc1.ICC1CC1. The van der Waals surface area contributed by atoms with Crippen LogP contribution in [0.4, 0.5) is 0 Å². The topological polar surface area (TPSA) is 29.5 Å². The van der Waals surface area contributed by atoms with Gasteiger partial charge in [0.2, 0.25) is 0 Å². The zero-order valence-electron chi connectivity index (χ0n) is 9.66. The molecule has 2 nitrogen and oxygen atoms in total. The van der Waals surface area contributed by atoms with Crippen molar-refractivity contribution < 1.29 is 9.84 Å². The summed E-state index contributed by atoms with van der Waals surface area (Å²) in [6.45, 7) is 2.78. The first-order valence-corrected chi connectivity index (χ1v) is 7.26. The van der Waals surface area contributed by atoms with Crippen molar-refractivity contribution in [3.63, 3.8) is 0 Å². The van der Waals surface area contributed by atoms with Gasteiger partial charge >= 0.3 is 0 Å². The molecule has 0 atom stereocenters. The Bertz CT molecular complexity index is 280. The maximum Gasteiger partial charge on any atom is 0.119 e. The first-order valence-electron chi connectivity index (χ1n) is 5.74. The van der Waals surface area contributed by atoms with Gasteiger partial charge in [-0.2, -0.15) is 0 Å². The van der Waals surface area contributed by atoms with E-state index in [2.05, 4.69) is 29.5 Å². The van der Waals surface area contributed by atoms with Crippen LogP contribution in [0.3, 0.4) is 0 Å². The third-order valence-corrected chi connectivity index (χ3v) is 3.47. The monoisotopic (exact) mass is 334 g/mol. The number of halogens is 1. The van der Waals surface area contributed by atoms with Gasteiger partial charge < -0.3 is 9.84 Å². The Morgan fingerprint density at radius 3 is 2.31 bits per heavy atom. The Morgan fingerprint density at radius 2 is 1.94 bits per heavy atom. The number of hydrogen-bond acceptors (Lipinski definition) is 2. The highest BCUT2D eigenvalue weighted by Crippen LogP contribution is 2.30. The Hall–Kier alpha value is -0.450. The van der Waals surface area contributed by atoms with Gasteiger partial charge in [-0.15, -0.1) is 0 Å². The zero-order chi connectivity index (χ0) is 11.8. The van der Waals surface area contributed by atoms with Gasteiger partial charge in [0.1, 0.15) is 11.5 Å². The average molecular weight is 334 g/mol. The molecular weight excluding hydrogens is 315 g/mol. The second-order valence-corrected chi connectivity index (χ2v) is 4.82. The van der Waals surface area contributed by atoms with E-state index in [-0.39, 0.29) is 5.75 Å². The molecule has 0 unspecified atom stereocenters. The minimum absolute atomic E-state index is 0.272. The minimum atomic E-state index is 0.272. The second kappa shape index (κ2) is 7.76. The highest BCUT2D eigenvalue weighted by atomic mass is 127. The van der Waals surface area contributed by atoms with Gasteiger partial charge in [-0.3, -0.25) is 0 Å². The van der Waals surface area contributed by atoms with Gasteiger partial charge in [0.05, 0.1) is 6.61 Å². The van der Waals surface area contributed by atoms with Crippen LogP contribution in [-0.4, -0.2) is 16.1 Å². The molecule has 0 heterocycles. The van der Waals surface area contributed by atoms with E-state index < -0.39 is 0 Å². The lowest BCUT2D eigenvalue weighted by Gasteiger charge is -2.02. The Labute approximate surface area is 111 Å². The fourth-order valence-electron chi connectivity index (χ4n) is 1.03. The summed E-state index contributed by atoms with van der Waals surface area (Å²) in [5.74, 6) is 2.20. The lowest BCUT2D eigenvalue weighted by Crippen LogP contribution is -1.93. The van der Waals surface area contributed by atoms with Crippen molar-refractivity contribution >= 4 is 22.6 Å². The Balaban J connectivity index is 0.000000212. The molecular formula is C13H19IO2. The predicted molar refractivity (Wildman–Crippen MR) is 75.5 cm³/mol. The number of aromatic hydroxyl groups is 1. The van der Waals surface area contributed by atoms with Crippen molar-refractivity contribution in [3.05, 3.63) is 24.3 Å². The first-order chi connectivity index (χ1) is 7.76. The molecule has 1 aromatic rings. The molecule has 3 heteroatoms.